The van der Waals surface area contributed by atoms with Crippen molar-refractivity contribution in [3.05, 3.63) is 0 Å². The van der Waals surface area contributed by atoms with Crippen molar-refractivity contribution < 1.29 is 19.2 Å². The molecule has 32 heavy (non-hydrogen) atoms. The van der Waals surface area contributed by atoms with Crippen LogP contribution in [0.3, 0.4) is 0 Å². The number of hydrogen-bond donors (Lipinski definition) is 2. The molecule has 2 atom stereocenters. The van der Waals surface area contributed by atoms with E-state index in [0.717, 1.165) is 6.29 Å². The van der Waals surface area contributed by atoms with Gasteiger partial charge < -0.3 is 15.4 Å². The highest BCUT2D eigenvalue weighted by atomic mass is 16.2. The van der Waals surface area contributed by atoms with Crippen molar-refractivity contribution in [1.29, 1.82) is 0 Å². The van der Waals surface area contributed by atoms with Crippen LogP contribution in [0.25, 0.3) is 0 Å². The van der Waals surface area contributed by atoms with Crippen molar-refractivity contribution in [3.8, 4) is 0 Å². The lowest BCUT2D eigenvalue weighted by Crippen LogP contribution is -2.54. The summed E-state index contributed by atoms with van der Waals surface area (Å²) in [6.45, 7) is 19.3. The number of carbonyl (C=O) groups is 4. The standard InChI is InChI=1S/C26H48N2O4/c1-12-20(31)21(25(7,8)16-23(3,4)13-14-29)28-22(32)26(9,10)17-24(5,6)15-19(27-11)18(2)30/h14,19,21,27H,12-13,15-17H2,1-11H3,(H,28,32). The molecule has 0 fully saturated rings. The molecule has 0 aliphatic heterocycles. The van der Waals surface area contributed by atoms with E-state index in [1.54, 1.807) is 14.0 Å². The van der Waals surface area contributed by atoms with Crippen molar-refractivity contribution in [2.24, 2.45) is 21.7 Å². The summed E-state index contributed by atoms with van der Waals surface area (Å²) < 4.78 is 0. The number of carbonyl (C=O) groups excluding carboxylic acids is 4. The summed E-state index contributed by atoms with van der Waals surface area (Å²) in [6.07, 6.45) is 3.47. The quantitative estimate of drug-likeness (QED) is 0.357. The second kappa shape index (κ2) is 11.5. The first-order valence-electron chi connectivity index (χ1n) is 11.8. The summed E-state index contributed by atoms with van der Waals surface area (Å²) in [5.41, 5.74) is -1.76. The third kappa shape index (κ3) is 9.51. The van der Waals surface area contributed by atoms with Gasteiger partial charge in [-0.2, -0.15) is 0 Å². The minimum absolute atomic E-state index is 0.00728. The van der Waals surface area contributed by atoms with Crippen molar-refractivity contribution in [1.82, 2.24) is 10.6 Å². The third-order valence-corrected chi connectivity index (χ3v) is 6.43. The van der Waals surface area contributed by atoms with Gasteiger partial charge in [0.05, 0.1) is 12.1 Å². The molecular weight excluding hydrogens is 404 g/mol. The van der Waals surface area contributed by atoms with Gasteiger partial charge in [0.2, 0.25) is 5.91 Å². The first-order chi connectivity index (χ1) is 14.3. The molecule has 0 rings (SSSR count). The van der Waals surface area contributed by atoms with Gasteiger partial charge in [0, 0.05) is 18.3 Å². The molecule has 0 saturated carbocycles. The first kappa shape index (κ1) is 30.4. The second-order valence-electron chi connectivity index (χ2n) is 12.3. The largest absolute Gasteiger partial charge is 0.345 e. The minimum Gasteiger partial charge on any atom is -0.345 e. The Hall–Kier alpha value is -1.56. The zero-order valence-electron chi connectivity index (χ0n) is 22.4. The summed E-state index contributed by atoms with van der Waals surface area (Å²) in [5, 5.41) is 6.13. The lowest BCUT2D eigenvalue weighted by Gasteiger charge is -2.41. The predicted octanol–water partition coefficient (Wildman–Crippen LogP) is 4.49. The molecule has 0 aliphatic rings. The number of nitrogens with one attached hydrogen (secondary N) is 2. The molecule has 1 amide bonds. The van der Waals surface area contributed by atoms with E-state index >= 15 is 0 Å². The Kier molecular flexibility index (Phi) is 11.0. The molecule has 0 heterocycles. The van der Waals surface area contributed by atoms with Gasteiger partial charge in [-0.05, 0) is 49.5 Å². The van der Waals surface area contributed by atoms with Crippen molar-refractivity contribution in [2.75, 3.05) is 7.05 Å². The zero-order valence-corrected chi connectivity index (χ0v) is 22.4. The summed E-state index contributed by atoms with van der Waals surface area (Å²) in [6, 6.07) is -0.882. The summed E-state index contributed by atoms with van der Waals surface area (Å²) in [7, 11) is 1.77. The lowest BCUT2D eigenvalue weighted by atomic mass is 9.68. The Balaban J connectivity index is 5.66. The Labute approximate surface area is 196 Å². The van der Waals surface area contributed by atoms with E-state index in [-0.39, 0.29) is 34.3 Å². The van der Waals surface area contributed by atoms with Gasteiger partial charge in [-0.15, -0.1) is 0 Å². The zero-order chi connectivity index (χ0) is 25.5. The van der Waals surface area contributed by atoms with Crippen LogP contribution in [0.5, 0.6) is 0 Å². The van der Waals surface area contributed by atoms with Crippen molar-refractivity contribution in [3.63, 3.8) is 0 Å². The maximum atomic E-state index is 13.4. The Morgan fingerprint density at radius 3 is 1.84 bits per heavy atom. The maximum Gasteiger partial charge on any atom is 0.226 e. The van der Waals surface area contributed by atoms with Crippen LogP contribution in [-0.4, -0.2) is 42.9 Å². The number of Topliss-reactive ketones (excluding diaryl/α,β-unsaturated/α-hetero) is 2. The van der Waals surface area contributed by atoms with E-state index in [4.69, 9.17) is 0 Å². The lowest BCUT2D eigenvalue weighted by molar-refractivity contribution is -0.137. The van der Waals surface area contributed by atoms with Crippen LogP contribution in [0.4, 0.5) is 0 Å². The molecule has 0 aromatic rings. The second-order valence-corrected chi connectivity index (χ2v) is 12.3. The van der Waals surface area contributed by atoms with E-state index in [1.807, 2.05) is 48.5 Å². The van der Waals surface area contributed by atoms with E-state index < -0.39 is 16.9 Å². The molecule has 6 heteroatoms. The maximum absolute atomic E-state index is 13.4. The summed E-state index contributed by atoms with van der Waals surface area (Å²) >= 11 is 0. The monoisotopic (exact) mass is 452 g/mol. The van der Waals surface area contributed by atoms with Gasteiger partial charge in [-0.3, -0.25) is 14.4 Å². The van der Waals surface area contributed by atoms with Gasteiger partial charge in [-0.1, -0.05) is 62.3 Å². The van der Waals surface area contributed by atoms with Crippen LogP contribution < -0.4 is 10.6 Å². The normalized spacial score (nSPS) is 15.1. The fourth-order valence-corrected chi connectivity index (χ4v) is 5.23. The smallest absolute Gasteiger partial charge is 0.226 e. The Morgan fingerprint density at radius 2 is 1.44 bits per heavy atom. The molecular formula is C26H48N2O4. The van der Waals surface area contributed by atoms with Crippen LogP contribution in [0.1, 0.15) is 101 Å². The molecule has 0 radical (unpaired) electrons. The highest BCUT2D eigenvalue weighted by Crippen LogP contribution is 2.40. The van der Waals surface area contributed by atoms with E-state index in [2.05, 4.69) is 24.5 Å². The number of aldehydes is 1. The topological polar surface area (TPSA) is 92.3 Å². The number of amides is 1. The van der Waals surface area contributed by atoms with Gasteiger partial charge in [0.15, 0.2) is 5.78 Å². The first-order valence-corrected chi connectivity index (χ1v) is 11.8. The molecule has 0 saturated heterocycles. The summed E-state index contributed by atoms with van der Waals surface area (Å²) in [4.78, 5) is 49.2. The predicted molar refractivity (Wildman–Crippen MR) is 130 cm³/mol. The molecule has 0 aliphatic carbocycles. The number of hydrogen-bond acceptors (Lipinski definition) is 5. The number of rotatable bonds is 15. The Bertz CT molecular complexity index is 677. The van der Waals surface area contributed by atoms with Crippen LogP contribution >= 0.6 is 0 Å². The van der Waals surface area contributed by atoms with Crippen LogP contribution in [0, 0.1) is 21.7 Å². The minimum atomic E-state index is -0.723. The number of ketones is 2. The molecule has 2 N–H and O–H groups in total. The van der Waals surface area contributed by atoms with Gasteiger partial charge in [0.1, 0.15) is 12.1 Å². The van der Waals surface area contributed by atoms with Gasteiger partial charge in [0.25, 0.3) is 0 Å². The fraction of sp³-hybridized carbons (Fsp3) is 0.846. The molecule has 186 valence electrons. The SMILES string of the molecule is CCC(=O)C(NC(=O)C(C)(C)CC(C)(C)CC(NC)C(C)=O)C(C)(C)CC(C)(C)CC=O. The van der Waals surface area contributed by atoms with Crippen LogP contribution in [0.15, 0.2) is 0 Å². The van der Waals surface area contributed by atoms with Gasteiger partial charge in [-0.25, -0.2) is 0 Å². The van der Waals surface area contributed by atoms with E-state index in [9.17, 15) is 19.2 Å². The number of likely N-dealkylation sites (N-methyl/N-ethyl adjacent to an activating group) is 1. The molecule has 0 aromatic carbocycles. The highest BCUT2D eigenvalue weighted by molar-refractivity contribution is 5.91. The van der Waals surface area contributed by atoms with Crippen LogP contribution in [0.2, 0.25) is 0 Å². The Morgan fingerprint density at radius 1 is 0.906 bits per heavy atom. The average Bonchev–Trinajstić information content (AvgIpc) is 2.60. The van der Waals surface area contributed by atoms with E-state index in [0.29, 0.717) is 32.1 Å². The van der Waals surface area contributed by atoms with Crippen LogP contribution in [-0.2, 0) is 19.2 Å². The van der Waals surface area contributed by atoms with Crippen molar-refractivity contribution >= 4 is 23.8 Å². The van der Waals surface area contributed by atoms with Gasteiger partial charge >= 0.3 is 0 Å². The molecule has 0 bridgehead atoms. The van der Waals surface area contributed by atoms with Crippen molar-refractivity contribution in [2.45, 2.75) is 113 Å². The molecule has 0 aromatic heterocycles. The third-order valence-electron chi connectivity index (χ3n) is 6.43. The molecule has 2 unspecified atom stereocenters. The fourth-order valence-electron chi connectivity index (χ4n) is 5.23. The molecule has 6 nitrogen and oxygen atoms in total. The average molecular weight is 453 g/mol. The molecule has 0 spiro atoms. The summed E-state index contributed by atoms with van der Waals surface area (Å²) in [5.74, 6) is -0.0919. The highest BCUT2D eigenvalue weighted by Gasteiger charge is 2.43. The van der Waals surface area contributed by atoms with E-state index in [1.165, 1.54) is 0 Å².